The summed E-state index contributed by atoms with van der Waals surface area (Å²) in [6, 6.07) is 24.1. The summed E-state index contributed by atoms with van der Waals surface area (Å²) in [5, 5.41) is 19.7. The van der Waals surface area contributed by atoms with Gasteiger partial charge in [0.1, 0.15) is 30.0 Å². The molecule has 3 aromatic carbocycles. The summed E-state index contributed by atoms with van der Waals surface area (Å²) in [6.07, 6.45) is 1.86. The molecule has 0 spiro atoms. The number of rotatable bonds is 9. The Bertz CT molecular complexity index is 1340. The molecule has 1 atom stereocenters. The summed E-state index contributed by atoms with van der Waals surface area (Å²) in [6.45, 7) is 3.51. The molecule has 0 aliphatic carbocycles. The highest BCUT2D eigenvalue weighted by molar-refractivity contribution is 6.05. The summed E-state index contributed by atoms with van der Waals surface area (Å²) in [7, 11) is 0. The van der Waals surface area contributed by atoms with E-state index in [0.29, 0.717) is 17.1 Å². The van der Waals surface area contributed by atoms with Crippen molar-refractivity contribution in [3.05, 3.63) is 84.4 Å². The minimum absolute atomic E-state index is 0.0146. The monoisotopic (exact) mass is 526 g/mol. The van der Waals surface area contributed by atoms with E-state index in [9.17, 15) is 4.79 Å². The molecular weight excluding hydrogens is 492 g/mol. The average Bonchev–Trinajstić information content (AvgIpc) is 3.27. The molecule has 1 saturated heterocycles. The lowest BCUT2D eigenvalue weighted by Gasteiger charge is -2.38. The van der Waals surface area contributed by atoms with Gasteiger partial charge in [0.2, 0.25) is 5.66 Å². The maximum absolute atomic E-state index is 13.2. The molecular formula is C30H34N6O3. The first-order chi connectivity index (χ1) is 18.9. The van der Waals surface area contributed by atoms with Gasteiger partial charge in [0, 0.05) is 31.5 Å². The summed E-state index contributed by atoms with van der Waals surface area (Å²) in [4.78, 5) is 17.1. The SMILES string of the molecule is CC(=N)N1CCC(Oc2ccc(OCC3(C(=N)N)Nc4ccccc4N3CC(=O)c3ccccc3)cc2)CC1. The zero-order valence-electron chi connectivity index (χ0n) is 22.0. The van der Waals surface area contributed by atoms with Crippen LogP contribution < -0.4 is 25.4 Å². The van der Waals surface area contributed by atoms with Crippen molar-refractivity contribution in [2.75, 3.05) is 36.5 Å². The van der Waals surface area contributed by atoms with Crippen LogP contribution in [0.2, 0.25) is 0 Å². The first-order valence-electron chi connectivity index (χ1n) is 13.1. The van der Waals surface area contributed by atoms with Crippen molar-refractivity contribution in [2.24, 2.45) is 5.73 Å². The predicted molar refractivity (Wildman–Crippen MR) is 153 cm³/mol. The molecule has 0 aromatic heterocycles. The number of nitrogens with zero attached hydrogens (tertiary/aromatic N) is 2. The lowest BCUT2D eigenvalue weighted by Crippen LogP contribution is -2.64. The fourth-order valence-electron chi connectivity index (χ4n) is 5.10. The van der Waals surface area contributed by atoms with Crippen molar-refractivity contribution in [3.63, 3.8) is 0 Å². The highest BCUT2D eigenvalue weighted by Crippen LogP contribution is 2.40. The number of Topliss-reactive ketones (excluding diaryl/α,β-unsaturated/α-hetero) is 1. The van der Waals surface area contributed by atoms with E-state index in [1.165, 1.54) is 0 Å². The average molecular weight is 527 g/mol. The number of hydrogen-bond donors (Lipinski definition) is 4. The minimum Gasteiger partial charge on any atom is -0.490 e. The Morgan fingerprint density at radius 1 is 0.974 bits per heavy atom. The van der Waals surface area contributed by atoms with E-state index in [1.54, 1.807) is 12.1 Å². The number of para-hydroxylation sites is 2. The molecule has 202 valence electrons. The van der Waals surface area contributed by atoms with Gasteiger partial charge >= 0.3 is 0 Å². The van der Waals surface area contributed by atoms with Gasteiger partial charge in [0.25, 0.3) is 0 Å². The number of nitrogens with one attached hydrogen (secondary N) is 3. The molecule has 5 rings (SSSR count). The van der Waals surface area contributed by atoms with Crippen LogP contribution in [0.3, 0.4) is 0 Å². The fraction of sp³-hybridized carbons (Fsp3) is 0.300. The molecule has 5 N–H and O–H groups in total. The second-order valence-electron chi connectivity index (χ2n) is 9.94. The number of ketones is 1. The van der Waals surface area contributed by atoms with Crippen LogP contribution in [0.5, 0.6) is 11.5 Å². The Labute approximate surface area is 228 Å². The van der Waals surface area contributed by atoms with Crippen LogP contribution >= 0.6 is 0 Å². The predicted octanol–water partition coefficient (Wildman–Crippen LogP) is 4.35. The van der Waals surface area contributed by atoms with Crippen molar-refractivity contribution >= 4 is 28.8 Å². The molecule has 3 aromatic rings. The summed E-state index contributed by atoms with van der Waals surface area (Å²) in [5.74, 6) is 1.73. The van der Waals surface area contributed by atoms with Crippen LogP contribution in [0.1, 0.15) is 30.1 Å². The number of ether oxygens (including phenoxy) is 2. The van der Waals surface area contributed by atoms with Crippen molar-refractivity contribution < 1.29 is 14.3 Å². The summed E-state index contributed by atoms with van der Waals surface area (Å²) in [5.41, 5.74) is 7.12. The smallest absolute Gasteiger partial charge is 0.204 e. The van der Waals surface area contributed by atoms with Gasteiger partial charge in [-0.05, 0) is 43.3 Å². The quantitative estimate of drug-likeness (QED) is 0.185. The van der Waals surface area contributed by atoms with Crippen LogP contribution in [0.25, 0.3) is 0 Å². The normalized spacial score (nSPS) is 18.7. The van der Waals surface area contributed by atoms with E-state index >= 15 is 0 Å². The van der Waals surface area contributed by atoms with E-state index in [0.717, 1.165) is 43.1 Å². The van der Waals surface area contributed by atoms with Crippen LogP contribution in [-0.4, -0.2) is 60.4 Å². The molecule has 0 saturated carbocycles. The van der Waals surface area contributed by atoms with Gasteiger partial charge in [0.15, 0.2) is 5.78 Å². The van der Waals surface area contributed by atoms with Crippen LogP contribution in [-0.2, 0) is 0 Å². The van der Waals surface area contributed by atoms with Gasteiger partial charge in [-0.15, -0.1) is 0 Å². The van der Waals surface area contributed by atoms with E-state index < -0.39 is 5.66 Å². The van der Waals surface area contributed by atoms with Crippen LogP contribution in [0.4, 0.5) is 11.4 Å². The second-order valence-corrected chi connectivity index (χ2v) is 9.94. The third kappa shape index (κ3) is 5.52. The summed E-state index contributed by atoms with van der Waals surface area (Å²) < 4.78 is 12.3. The second kappa shape index (κ2) is 11.1. The number of piperidine rings is 1. The lowest BCUT2D eigenvalue weighted by molar-refractivity contribution is 0.0993. The van der Waals surface area contributed by atoms with E-state index in [4.69, 9.17) is 26.0 Å². The molecule has 9 nitrogen and oxygen atoms in total. The zero-order chi connectivity index (χ0) is 27.4. The van der Waals surface area contributed by atoms with Gasteiger partial charge in [-0.2, -0.15) is 0 Å². The molecule has 0 bridgehead atoms. The lowest BCUT2D eigenvalue weighted by atomic mass is 10.1. The van der Waals surface area contributed by atoms with Gasteiger partial charge in [-0.1, -0.05) is 42.5 Å². The Balaban J connectivity index is 1.29. The third-order valence-corrected chi connectivity index (χ3v) is 7.33. The van der Waals surface area contributed by atoms with Crippen molar-refractivity contribution in [1.82, 2.24) is 4.90 Å². The number of fused-ring (bicyclic) bond motifs is 1. The minimum atomic E-state index is -1.23. The number of carbonyl (C=O) groups excluding carboxylic acids is 1. The Kier molecular flexibility index (Phi) is 7.40. The largest absolute Gasteiger partial charge is 0.490 e. The number of carbonyl (C=O) groups is 1. The highest BCUT2D eigenvalue weighted by atomic mass is 16.5. The maximum Gasteiger partial charge on any atom is 0.204 e. The van der Waals surface area contributed by atoms with Crippen LogP contribution in [0, 0.1) is 10.8 Å². The van der Waals surface area contributed by atoms with Gasteiger partial charge in [0.05, 0.1) is 23.8 Å². The van der Waals surface area contributed by atoms with Gasteiger partial charge < -0.3 is 30.3 Å². The Hall–Kier alpha value is -4.53. The van der Waals surface area contributed by atoms with Crippen molar-refractivity contribution in [2.45, 2.75) is 31.5 Å². The number of nitrogens with two attached hydrogens (primary N) is 1. The standard InChI is InChI=1S/C30H34N6O3/c1-21(31)35-17-15-25(16-18-35)39-24-13-11-23(12-14-24)38-20-30(29(32)33)34-26-9-5-6-10-27(26)36(30)19-28(37)22-7-3-2-4-8-22/h2-14,25,31,34H,15-20H2,1H3,(H3,32,33). The zero-order valence-corrected chi connectivity index (χ0v) is 22.0. The molecule has 1 fully saturated rings. The first-order valence-corrected chi connectivity index (χ1v) is 13.1. The van der Waals surface area contributed by atoms with E-state index in [-0.39, 0.29) is 30.9 Å². The number of likely N-dealkylation sites (tertiary alicyclic amines) is 1. The van der Waals surface area contributed by atoms with Gasteiger partial charge in [-0.25, -0.2) is 0 Å². The van der Waals surface area contributed by atoms with E-state index in [2.05, 4.69) is 10.2 Å². The number of amidine groups is 2. The van der Waals surface area contributed by atoms with Crippen LogP contribution in [0.15, 0.2) is 78.9 Å². The maximum atomic E-state index is 13.2. The molecule has 2 aliphatic rings. The molecule has 2 heterocycles. The van der Waals surface area contributed by atoms with Crippen molar-refractivity contribution in [1.29, 1.82) is 10.8 Å². The molecule has 9 heteroatoms. The molecule has 0 radical (unpaired) electrons. The topological polar surface area (TPSA) is 128 Å². The van der Waals surface area contributed by atoms with E-state index in [1.807, 2.05) is 78.6 Å². The molecule has 39 heavy (non-hydrogen) atoms. The molecule has 1 unspecified atom stereocenters. The fourth-order valence-corrected chi connectivity index (χ4v) is 5.10. The Morgan fingerprint density at radius 2 is 1.62 bits per heavy atom. The third-order valence-electron chi connectivity index (χ3n) is 7.33. The summed E-state index contributed by atoms with van der Waals surface area (Å²) >= 11 is 0. The Morgan fingerprint density at radius 3 is 2.28 bits per heavy atom. The number of hydrogen-bond acceptors (Lipinski definition) is 7. The van der Waals surface area contributed by atoms with Crippen molar-refractivity contribution in [3.8, 4) is 11.5 Å². The van der Waals surface area contributed by atoms with Gasteiger partial charge in [-0.3, -0.25) is 15.6 Å². The number of benzene rings is 3. The molecule has 0 amide bonds. The first kappa shape index (κ1) is 26.1. The highest BCUT2D eigenvalue weighted by Gasteiger charge is 2.48. The number of anilines is 2. The molecule has 2 aliphatic heterocycles.